The van der Waals surface area contributed by atoms with Gasteiger partial charge in [-0.3, -0.25) is 9.48 Å². The van der Waals surface area contributed by atoms with Crippen LogP contribution in [-0.2, 0) is 13.1 Å². The molecule has 0 atom stereocenters. The zero-order valence-corrected chi connectivity index (χ0v) is 8.15. The van der Waals surface area contributed by atoms with Crippen molar-refractivity contribution in [1.82, 2.24) is 19.6 Å². The van der Waals surface area contributed by atoms with Gasteiger partial charge in [-0.2, -0.15) is 5.10 Å². The Kier molecular flexibility index (Phi) is 2.32. The number of aryl methyl sites for hydroxylation is 2. The van der Waals surface area contributed by atoms with Gasteiger partial charge in [0.05, 0.1) is 13.1 Å². The Bertz CT molecular complexity index is 457. The minimum atomic E-state index is -0.130. The Morgan fingerprint density at radius 3 is 2.93 bits per heavy atom. The third kappa shape index (κ3) is 1.82. The Morgan fingerprint density at radius 1 is 1.50 bits per heavy atom. The molecule has 0 aliphatic rings. The van der Waals surface area contributed by atoms with E-state index in [4.69, 9.17) is 5.73 Å². The summed E-state index contributed by atoms with van der Waals surface area (Å²) in [6.07, 6.45) is 3.53. The molecule has 2 aromatic rings. The lowest BCUT2D eigenvalue weighted by atomic mass is 10.6. The van der Waals surface area contributed by atoms with E-state index in [0.29, 0.717) is 18.2 Å². The van der Waals surface area contributed by atoms with Crippen LogP contribution in [-0.4, -0.2) is 19.6 Å². The molecule has 2 N–H and O–H groups in total. The molecular formula is C7H9N5OS. The minimum absolute atomic E-state index is 0.130. The second-order valence-corrected chi connectivity index (χ2v) is 3.67. The van der Waals surface area contributed by atoms with E-state index < -0.39 is 0 Å². The summed E-state index contributed by atoms with van der Waals surface area (Å²) in [6, 6.07) is 1.83. The molecule has 14 heavy (non-hydrogen) atoms. The summed E-state index contributed by atoms with van der Waals surface area (Å²) in [5.41, 5.74) is 5.39. The summed E-state index contributed by atoms with van der Waals surface area (Å²) in [4.78, 5) is 11.1. The van der Waals surface area contributed by atoms with Gasteiger partial charge in [-0.1, -0.05) is 0 Å². The summed E-state index contributed by atoms with van der Waals surface area (Å²) in [5, 5.41) is 8.18. The van der Waals surface area contributed by atoms with Crippen LogP contribution in [0.25, 0.3) is 0 Å². The molecule has 0 aromatic carbocycles. The van der Waals surface area contributed by atoms with Gasteiger partial charge in [0.15, 0.2) is 0 Å². The second kappa shape index (κ2) is 3.62. The number of anilines is 1. The highest BCUT2D eigenvalue weighted by atomic mass is 32.1. The Morgan fingerprint density at radius 2 is 2.36 bits per heavy atom. The maximum atomic E-state index is 11.2. The van der Waals surface area contributed by atoms with Crippen molar-refractivity contribution in [2.24, 2.45) is 0 Å². The topological polar surface area (TPSA) is 78.7 Å². The van der Waals surface area contributed by atoms with E-state index in [9.17, 15) is 4.79 Å². The number of nitrogen functional groups attached to an aromatic ring is 1. The molecule has 0 aliphatic heterocycles. The third-order valence-electron chi connectivity index (χ3n) is 1.72. The van der Waals surface area contributed by atoms with E-state index in [0.717, 1.165) is 11.3 Å². The Hall–Kier alpha value is -1.63. The first kappa shape index (κ1) is 8.95. The Balaban J connectivity index is 2.05. The largest absolute Gasteiger partial charge is 0.374 e. The maximum absolute atomic E-state index is 11.2. The number of aromatic nitrogens is 4. The highest BCUT2D eigenvalue weighted by Crippen LogP contribution is 1.98. The van der Waals surface area contributed by atoms with E-state index in [2.05, 4.69) is 10.2 Å². The molecule has 0 unspecified atom stereocenters. The average molecular weight is 211 g/mol. The molecule has 0 fully saturated rings. The fraction of sp³-hybridized carbons (Fsp3) is 0.286. The lowest BCUT2D eigenvalue weighted by Crippen LogP contribution is -2.18. The molecule has 0 amide bonds. The van der Waals surface area contributed by atoms with Crippen molar-refractivity contribution in [2.45, 2.75) is 13.1 Å². The molecule has 0 bridgehead atoms. The molecule has 0 saturated carbocycles. The van der Waals surface area contributed by atoms with E-state index >= 15 is 0 Å². The molecule has 0 spiro atoms. The summed E-state index contributed by atoms with van der Waals surface area (Å²) in [5.74, 6) is 0. The van der Waals surface area contributed by atoms with Crippen LogP contribution < -0.4 is 10.6 Å². The zero-order chi connectivity index (χ0) is 9.97. The predicted molar refractivity (Wildman–Crippen MR) is 53.0 cm³/mol. The molecule has 2 aromatic heterocycles. The number of hydrogen-bond donors (Lipinski definition) is 1. The lowest BCUT2D eigenvalue weighted by Gasteiger charge is -1.99. The average Bonchev–Trinajstić information content (AvgIpc) is 2.72. The molecule has 7 heteroatoms. The number of nitrogens with zero attached hydrogens (tertiary/aromatic N) is 4. The molecule has 0 saturated heterocycles. The normalized spacial score (nSPS) is 10.6. The van der Waals surface area contributed by atoms with Crippen LogP contribution in [0.15, 0.2) is 23.3 Å². The molecular weight excluding hydrogens is 202 g/mol. The molecule has 0 radical (unpaired) electrons. The molecule has 2 rings (SSSR count). The molecule has 74 valence electrons. The third-order valence-corrected chi connectivity index (χ3v) is 2.40. The van der Waals surface area contributed by atoms with Gasteiger partial charge in [-0.15, -0.1) is 5.10 Å². The first-order chi connectivity index (χ1) is 6.75. The maximum Gasteiger partial charge on any atom is 0.326 e. The van der Waals surface area contributed by atoms with Crippen LogP contribution in [0.1, 0.15) is 0 Å². The van der Waals surface area contributed by atoms with E-state index in [1.807, 2.05) is 12.3 Å². The monoisotopic (exact) mass is 211 g/mol. The number of rotatable bonds is 3. The van der Waals surface area contributed by atoms with Gasteiger partial charge in [-0.25, -0.2) is 4.68 Å². The minimum Gasteiger partial charge on any atom is -0.374 e. The van der Waals surface area contributed by atoms with E-state index in [1.165, 1.54) is 4.68 Å². The molecule has 0 aliphatic carbocycles. The smallest absolute Gasteiger partial charge is 0.326 e. The Labute approximate surface area is 83.6 Å². The summed E-state index contributed by atoms with van der Waals surface area (Å²) < 4.78 is 3.09. The van der Waals surface area contributed by atoms with Gasteiger partial charge in [0, 0.05) is 12.4 Å². The van der Waals surface area contributed by atoms with Gasteiger partial charge in [0.25, 0.3) is 0 Å². The first-order valence-corrected chi connectivity index (χ1v) is 4.88. The van der Waals surface area contributed by atoms with Crippen LogP contribution in [0.4, 0.5) is 5.13 Å². The summed E-state index contributed by atoms with van der Waals surface area (Å²) >= 11 is 0.951. The van der Waals surface area contributed by atoms with Crippen molar-refractivity contribution in [3.8, 4) is 0 Å². The van der Waals surface area contributed by atoms with E-state index in [1.54, 1.807) is 10.9 Å². The van der Waals surface area contributed by atoms with Crippen molar-refractivity contribution in [1.29, 1.82) is 0 Å². The van der Waals surface area contributed by atoms with Crippen LogP contribution in [0.2, 0.25) is 0 Å². The van der Waals surface area contributed by atoms with Gasteiger partial charge < -0.3 is 5.73 Å². The van der Waals surface area contributed by atoms with Crippen molar-refractivity contribution in [2.75, 3.05) is 5.73 Å². The van der Waals surface area contributed by atoms with Gasteiger partial charge in [0.2, 0.25) is 5.13 Å². The highest BCUT2D eigenvalue weighted by molar-refractivity contribution is 7.12. The van der Waals surface area contributed by atoms with Crippen molar-refractivity contribution >= 4 is 16.5 Å². The fourth-order valence-corrected chi connectivity index (χ4v) is 1.65. The number of hydrogen-bond acceptors (Lipinski definition) is 5. The van der Waals surface area contributed by atoms with Gasteiger partial charge >= 0.3 is 4.87 Å². The molecule has 2 heterocycles. The van der Waals surface area contributed by atoms with Gasteiger partial charge in [0.1, 0.15) is 0 Å². The van der Waals surface area contributed by atoms with Crippen LogP contribution >= 0.6 is 11.3 Å². The zero-order valence-electron chi connectivity index (χ0n) is 7.33. The van der Waals surface area contributed by atoms with Crippen molar-refractivity contribution in [3.63, 3.8) is 0 Å². The first-order valence-electron chi connectivity index (χ1n) is 4.06. The number of nitrogens with two attached hydrogens (primary N) is 1. The second-order valence-electron chi connectivity index (χ2n) is 2.70. The molecule has 6 nitrogen and oxygen atoms in total. The summed E-state index contributed by atoms with van der Waals surface area (Å²) in [7, 11) is 0. The SMILES string of the molecule is Nc1nn(CCn2cccn2)c(=O)s1. The quantitative estimate of drug-likeness (QED) is 0.761. The lowest BCUT2D eigenvalue weighted by molar-refractivity contribution is 0.493. The highest BCUT2D eigenvalue weighted by Gasteiger charge is 2.02. The van der Waals surface area contributed by atoms with Crippen LogP contribution in [0.3, 0.4) is 0 Å². The van der Waals surface area contributed by atoms with Crippen molar-refractivity contribution in [3.05, 3.63) is 28.1 Å². The van der Waals surface area contributed by atoms with Crippen molar-refractivity contribution < 1.29 is 0 Å². The van der Waals surface area contributed by atoms with E-state index in [-0.39, 0.29) is 4.87 Å². The van der Waals surface area contributed by atoms with Crippen LogP contribution in [0.5, 0.6) is 0 Å². The predicted octanol–water partition coefficient (Wildman–Crippen LogP) is -0.216. The fourth-order valence-electron chi connectivity index (χ4n) is 1.09. The van der Waals surface area contributed by atoms with Crippen LogP contribution in [0, 0.1) is 0 Å². The van der Waals surface area contributed by atoms with Gasteiger partial charge in [-0.05, 0) is 17.4 Å². The summed E-state index contributed by atoms with van der Waals surface area (Å²) in [6.45, 7) is 1.12. The standard InChI is InChI=1S/C7H9N5OS/c8-6-10-12(7(13)14-6)5-4-11-3-1-2-9-11/h1-3H,4-5H2,(H2,8,10).